The molecule has 3 unspecified atom stereocenters. The number of nitrogens with zero attached hydrogens (tertiary/aromatic N) is 4. The third kappa shape index (κ3) is 4.48. The van der Waals surface area contributed by atoms with Crippen molar-refractivity contribution in [2.24, 2.45) is 5.92 Å². The summed E-state index contributed by atoms with van der Waals surface area (Å²) in [6, 6.07) is 5.52. The first-order valence-electron chi connectivity index (χ1n) is 13.9. The van der Waals surface area contributed by atoms with Gasteiger partial charge in [0.25, 0.3) is 0 Å². The number of benzene rings is 1. The van der Waals surface area contributed by atoms with E-state index in [-0.39, 0.29) is 35.5 Å². The van der Waals surface area contributed by atoms with E-state index >= 15 is 0 Å². The highest BCUT2D eigenvalue weighted by Crippen LogP contribution is 2.49. The zero-order chi connectivity index (χ0) is 25.7. The van der Waals surface area contributed by atoms with E-state index in [9.17, 15) is 14.0 Å². The molecule has 3 amide bonds. The van der Waals surface area contributed by atoms with Gasteiger partial charge >= 0.3 is 12.1 Å². The lowest BCUT2D eigenvalue weighted by Crippen LogP contribution is -2.50. The molecule has 1 aromatic carbocycles. The minimum atomic E-state index is -0.240. The van der Waals surface area contributed by atoms with Gasteiger partial charge in [-0.15, -0.1) is 0 Å². The molecule has 0 aromatic heterocycles. The SMILES string of the molecule is CN(C)C(=O)N1CC2(CCN(C3CC4CCCN(C(=O)O[C@@H]5CCOC5)C4C3)CC2)c2cc(F)ccc21. The molecule has 1 aromatic rings. The Morgan fingerprint density at radius 1 is 1.14 bits per heavy atom. The summed E-state index contributed by atoms with van der Waals surface area (Å²) in [6.45, 7) is 4.41. The molecule has 0 radical (unpaired) electrons. The fourth-order valence-electron chi connectivity index (χ4n) is 7.59. The van der Waals surface area contributed by atoms with Crippen LogP contribution in [0.5, 0.6) is 0 Å². The maximum atomic E-state index is 14.3. The molecule has 1 aliphatic carbocycles. The Labute approximate surface area is 218 Å². The molecule has 4 atom stereocenters. The van der Waals surface area contributed by atoms with Crippen molar-refractivity contribution in [1.82, 2.24) is 14.7 Å². The van der Waals surface area contributed by atoms with E-state index in [2.05, 4.69) is 4.90 Å². The van der Waals surface area contributed by atoms with Crippen LogP contribution in [0.15, 0.2) is 18.2 Å². The van der Waals surface area contributed by atoms with Gasteiger partial charge in [-0.2, -0.15) is 0 Å². The highest BCUT2D eigenvalue weighted by Gasteiger charge is 2.50. The van der Waals surface area contributed by atoms with Gasteiger partial charge in [0.1, 0.15) is 11.9 Å². The molecule has 0 N–H and O–H groups in total. The second-order valence-electron chi connectivity index (χ2n) is 11.9. The van der Waals surface area contributed by atoms with Gasteiger partial charge < -0.3 is 24.2 Å². The molecule has 0 bridgehead atoms. The summed E-state index contributed by atoms with van der Waals surface area (Å²) < 4.78 is 25.5. The average molecular weight is 515 g/mol. The zero-order valence-corrected chi connectivity index (χ0v) is 22.0. The summed E-state index contributed by atoms with van der Waals surface area (Å²) in [5, 5.41) is 0. The number of anilines is 1. The molecule has 1 spiro atoms. The van der Waals surface area contributed by atoms with Crippen LogP contribution in [-0.4, -0.2) is 98.5 Å². The van der Waals surface area contributed by atoms with E-state index in [1.54, 1.807) is 31.1 Å². The number of carbonyl (C=O) groups excluding carboxylic acids is 2. The van der Waals surface area contributed by atoms with Gasteiger partial charge in [0.05, 0.1) is 13.2 Å². The van der Waals surface area contributed by atoms with Crippen LogP contribution in [0, 0.1) is 11.7 Å². The van der Waals surface area contributed by atoms with E-state index in [0.717, 1.165) is 69.4 Å². The Morgan fingerprint density at radius 2 is 1.95 bits per heavy atom. The molecule has 202 valence electrons. The lowest BCUT2D eigenvalue weighted by atomic mass is 9.74. The van der Waals surface area contributed by atoms with E-state index < -0.39 is 0 Å². The number of ether oxygens (including phenoxy) is 2. The fourth-order valence-corrected chi connectivity index (χ4v) is 7.59. The highest BCUT2D eigenvalue weighted by molar-refractivity contribution is 5.95. The molecule has 4 fully saturated rings. The standard InChI is InChI=1S/C28H39FN4O4/c1-30(2)26(34)33-18-28(23-15-20(29)5-6-24(23)33)8-11-31(12-9-28)21-14-19-4-3-10-32(25(19)16-21)27(35)37-22-7-13-36-17-22/h5-6,15,19,21-22,25H,3-4,7-14,16-18H2,1-2H3/t19?,21?,22-,25?/m1/s1. The van der Waals surface area contributed by atoms with Gasteiger partial charge in [-0.1, -0.05) is 0 Å². The van der Waals surface area contributed by atoms with Crippen molar-refractivity contribution < 1.29 is 23.5 Å². The summed E-state index contributed by atoms with van der Waals surface area (Å²) in [7, 11) is 3.53. The Kier molecular flexibility index (Phi) is 6.55. The van der Waals surface area contributed by atoms with Crippen LogP contribution >= 0.6 is 0 Å². The van der Waals surface area contributed by atoms with Crippen molar-refractivity contribution in [3.05, 3.63) is 29.6 Å². The van der Waals surface area contributed by atoms with Crippen LogP contribution in [0.3, 0.4) is 0 Å². The summed E-state index contributed by atoms with van der Waals surface area (Å²) in [6.07, 6.45) is 6.63. The Morgan fingerprint density at radius 3 is 2.68 bits per heavy atom. The molecule has 1 saturated carbocycles. The normalized spacial score (nSPS) is 30.9. The molecule has 4 heterocycles. The number of urea groups is 1. The molecule has 3 saturated heterocycles. The number of halogens is 1. The topological polar surface area (TPSA) is 65.6 Å². The van der Waals surface area contributed by atoms with E-state index in [0.29, 0.717) is 31.7 Å². The second kappa shape index (κ2) is 9.73. The maximum absolute atomic E-state index is 14.3. The number of hydrogen-bond acceptors (Lipinski definition) is 5. The van der Waals surface area contributed by atoms with Crippen LogP contribution in [-0.2, 0) is 14.9 Å². The number of amides is 3. The summed E-state index contributed by atoms with van der Waals surface area (Å²) >= 11 is 0. The zero-order valence-electron chi connectivity index (χ0n) is 22.0. The number of hydrogen-bond donors (Lipinski definition) is 0. The van der Waals surface area contributed by atoms with Crippen molar-refractivity contribution in [1.29, 1.82) is 0 Å². The molecule has 8 nitrogen and oxygen atoms in total. The maximum Gasteiger partial charge on any atom is 0.410 e. The Hall–Kier alpha value is -2.39. The van der Waals surface area contributed by atoms with Crippen molar-refractivity contribution in [2.45, 2.75) is 68.5 Å². The fraction of sp³-hybridized carbons (Fsp3) is 0.714. The third-order valence-corrected chi connectivity index (χ3v) is 9.56. The van der Waals surface area contributed by atoms with Gasteiger partial charge in [0, 0.05) is 56.8 Å². The monoisotopic (exact) mass is 514 g/mol. The van der Waals surface area contributed by atoms with Crippen molar-refractivity contribution >= 4 is 17.8 Å². The number of fused-ring (bicyclic) bond motifs is 3. The minimum absolute atomic E-state index is 0.0526. The Bertz CT molecular complexity index is 1040. The third-order valence-electron chi connectivity index (χ3n) is 9.56. The molecular formula is C28H39FN4O4. The van der Waals surface area contributed by atoms with Crippen LogP contribution in [0.2, 0.25) is 0 Å². The van der Waals surface area contributed by atoms with Crippen molar-refractivity contribution in [3.63, 3.8) is 0 Å². The number of likely N-dealkylation sites (tertiary alicyclic amines) is 2. The summed E-state index contributed by atoms with van der Waals surface area (Å²) in [5.41, 5.74) is 1.62. The quantitative estimate of drug-likeness (QED) is 0.600. The van der Waals surface area contributed by atoms with Gasteiger partial charge in [-0.3, -0.25) is 4.90 Å². The summed E-state index contributed by atoms with van der Waals surface area (Å²) in [4.78, 5) is 33.9. The van der Waals surface area contributed by atoms with Gasteiger partial charge in [-0.25, -0.2) is 14.0 Å². The molecule has 6 rings (SSSR count). The first-order chi connectivity index (χ1) is 17.8. The molecule has 9 heteroatoms. The number of rotatable bonds is 2. The number of carbonyl (C=O) groups is 2. The summed E-state index contributed by atoms with van der Waals surface area (Å²) in [5.74, 6) is 0.284. The molecule has 5 aliphatic rings. The largest absolute Gasteiger partial charge is 0.444 e. The van der Waals surface area contributed by atoms with Crippen LogP contribution in [0.25, 0.3) is 0 Å². The van der Waals surface area contributed by atoms with Crippen molar-refractivity contribution in [3.8, 4) is 0 Å². The lowest BCUT2D eigenvalue weighted by Gasteiger charge is -2.42. The molecular weight excluding hydrogens is 475 g/mol. The first-order valence-corrected chi connectivity index (χ1v) is 13.9. The van der Waals surface area contributed by atoms with E-state index in [1.165, 1.54) is 12.5 Å². The van der Waals surface area contributed by atoms with E-state index in [4.69, 9.17) is 9.47 Å². The average Bonchev–Trinajstić information content (AvgIpc) is 3.62. The van der Waals surface area contributed by atoms with Gasteiger partial charge in [0.15, 0.2) is 0 Å². The second-order valence-corrected chi connectivity index (χ2v) is 11.9. The molecule has 37 heavy (non-hydrogen) atoms. The van der Waals surface area contributed by atoms with Crippen LogP contribution in [0.4, 0.5) is 19.7 Å². The minimum Gasteiger partial charge on any atom is -0.444 e. The smallest absolute Gasteiger partial charge is 0.410 e. The Balaban J connectivity index is 1.13. The van der Waals surface area contributed by atoms with Crippen molar-refractivity contribution in [2.75, 3.05) is 58.4 Å². The highest BCUT2D eigenvalue weighted by atomic mass is 19.1. The predicted octanol–water partition coefficient (Wildman–Crippen LogP) is 3.83. The first kappa shape index (κ1) is 24.9. The van der Waals surface area contributed by atoms with E-state index in [1.807, 2.05) is 9.80 Å². The van der Waals surface area contributed by atoms with Gasteiger partial charge in [0.2, 0.25) is 0 Å². The van der Waals surface area contributed by atoms with Crippen LogP contribution in [0.1, 0.15) is 50.5 Å². The lowest BCUT2D eigenvalue weighted by molar-refractivity contribution is 0.0286. The van der Waals surface area contributed by atoms with Gasteiger partial charge in [-0.05, 0) is 81.3 Å². The van der Waals surface area contributed by atoms with Crippen LogP contribution < -0.4 is 4.90 Å². The number of piperidine rings is 2. The molecule has 4 aliphatic heterocycles. The predicted molar refractivity (Wildman–Crippen MR) is 137 cm³/mol.